The number of halogens is 1. The Hall–Kier alpha value is -3.80. The molecule has 0 saturated carbocycles. The summed E-state index contributed by atoms with van der Waals surface area (Å²) in [4.78, 5) is 19.4. The van der Waals surface area contributed by atoms with E-state index < -0.39 is 5.95 Å². The number of nitrogens with one attached hydrogen (secondary N) is 2. The molecule has 5 nitrogen and oxygen atoms in total. The van der Waals surface area contributed by atoms with E-state index in [1.54, 1.807) is 6.07 Å². The van der Waals surface area contributed by atoms with Crippen molar-refractivity contribution in [2.75, 3.05) is 0 Å². The molecule has 136 valence electrons. The van der Waals surface area contributed by atoms with Gasteiger partial charge in [0.2, 0.25) is 5.95 Å². The van der Waals surface area contributed by atoms with Gasteiger partial charge in [-0.1, -0.05) is 30.3 Å². The van der Waals surface area contributed by atoms with Crippen LogP contribution in [0.5, 0.6) is 0 Å². The number of H-pyrrole nitrogens is 2. The molecule has 5 rings (SSSR count). The zero-order valence-corrected chi connectivity index (χ0v) is 14.7. The van der Waals surface area contributed by atoms with Gasteiger partial charge < -0.3 is 4.98 Å². The molecule has 0 unspecified atom stereocenters. The van der Waals surface area contributed by atoms with Crippen LogP contribution in [0.1, 0.15) is 16.1 Å². The number of fused-ring (bicyclic) bond motifs is 2. The Morgan fingerprint density at radius 2 is 1.86 bits per heavy atom. The average molecular weight is 370 g/mol. The second-order valence-electron chi connectivity index (χ2n) is 6.69. The average Bonchev–Trinajstić information content (AvgIpc) is 3.30. The van der Waals surface area contributed by atoms with Gasteiger partial charge in [-0.3, -0.25) is 9.89 Å². The molecule has 28 heavy (non-hydrogen) atoms. The fraction of sp³-hybridized carbons (Fsp3) is 0.0455. The molecule has 0 amide bonds. The smallest absolute Gasteiger partial charge is 0.213 e. The number of rotatable bonds is 4. The van der Waals surface area contributed by atoms with Crippen LogP contribution in [0.25, 0.3) is 33.1 Å². The molecule has 0 aliphatic rings. The van der Waals surface area contributed by atoms with Crippen molar-refractivity contribution in [3.8, 4) is 11.3 Å². The van der Waals surface area contributed by atoms with Crippen molar-refractivity contribution in [1.29, 1.82) is 0 Å². The van der Waals surface area contributed by atoms with Crippen molar-refractivity contribution in [3.63, 3.8) is 0 Å². The molecule has 6 heteroatoms. The zero-order chi connectivity index (χ0) is 19.1. The van der Waals surface area contributed by atoms with Crippen LogP contribution < -0.4 is 0 Å². The summed E-state index contributed by atoms with van der Waals surface area (Å²) in [6.07, 6.45) is 1.76. The minimum atomic E-state index is -0.551. The lowest BCUT2D eigenvalue weighted by atomic mass is 10.1. The van der Waals surface area contributed by atoms with Gasteiger partial charge in [0.15, 0.2) is 5.78 Å². The number of nitrogens with zero attached hydrogens (tertiary/aromatic N) is 2. The topological polar surface area (TPSA) is 74.4 Å². The molecule has 0 bridgehead atoms. The van der Waals surface area contributed by atoms with Gasteiger partial charge in [0.05, 0.1) is 11.2 Å². The van der Waals surface area contributed by atoms with Gasteiger partial charge >= 0.3 is 0 Å². The molecule has 0 aliphatic carbocycles. The zero-order valence-electron chi connectivity index (χ0n) is 14.7. The summed E-state index contributed by atoms with van der Waals surface area (Å²) in [5, 5.41) is 9.07. The molecule has 2 N–H and O–H groups in total. The first kappa shape index (κ1) is 16.4. The highest BCUT2D eigenvalue weighted by Gasteiger charge is 2.14. The monoisotopic (exact) mass is 370 g/mol. The Balaban J connectivity index is 1.55. The number of hydrogen-bond acceptors (Lipinski definition) is 3. The number of aromatic nitrogens is 4. The normalized spacial score (nSPS) is 11.3. The van der Waals surface area contributed by atoms with Crippen LogP contribution in [0.15, 0.2) is 66.9 Å². The second kappa shape index (κ2) is 6.42. The van der Waals surface area contributed by atoms with E-state index in [0.717, 1.165) is 27.4 Å². The SMILES string of the molecule is O=C(Cc1ccccc1)c1cc2cc3c(-c4ccnc(F)c4)n[nH]c3cc2[nH]1. The van der Waals surface area contributed by atoms with E-state index in [0.29, 0.717) is 23.4 Å². The number of Topliss-reactive ketones (excluding diaryl/α,β-unsaturated/α-hetero) is 1. The summed E-state index contributed by atoms with van der Waals surface area (Å²) in [5.41, 5.74) is 4.50. The highest BCUT2D eigenvalue weighted by molar-refractivity contribution is 6.05. The number of benzene rings is 2. The number of aromatic amines is 2. The summed E-state index contributed by atoms with van der Waals surface area (Å²) in [6.45, 7) is 0. The van der Waals surface area contributed by atoms with Gasteiger partial charge in [-0.05, 0) is 29.8 Å². The predicted octanol–water partition coefficient (Wildman–Crippen LogP) is 4.67. The van der Waals surface area contributed by atoms with Gasteiger partial charge in [-0.2, -0.15) is 9.49 Å². The molecule has 0 aliphatic heterocycles. The quantitative estimate of drug-likeness (QED) is 0.357. The first-order chi connectivity index (χ1) is 13.7. The van der Waals surface area contributed by atoms with Crippen LogP contribution in [-0.2, 0) is 6.42 Å². The van der Waals surface area contributed by atoms with Gasteiger partial charge in [0, 0.05) is 40.5 Å². The van der Waals surface area contributed by atoms with Gasteiger partial charge in [0.1, 0.15) is 5.69 Å². The van der Waals surface area contributed by atoms with Crippen molar-refractivity contribution in [3.05, 3.63) is 84.1 Å². The van der Waals surface area contributed by atoms with E-state index in [1.165, 1.54) is 12.3 Å². The molecular weight excluding hydrogens is 355 g/mol. The third-order valence-electron chi connectivity index (χ3n) is 4.81. The summed E-state index contributed by atoms with van der Waals surface area (Å²) in [5.74, 6) is -0.522. The maximum absolute atomic E-state index is 13.5. The number of ketones is 1. The third-order valence-corrected chi connectivity index (χ3v) is 4.81. The standard InChI is InChI=1S/C22H15FN4O/c23-21-11-14(6-7-24-21)22-16-9-15-10-19(25-17(15)12-18(16)26-27-22)20(28)8-13-4-2-1-3-5-13/h1-7,9-12,25H,8H2,(H,26,27). The molecule has 3 heterocycles. The maximum atomic E-state index is 13.5. The van der Waals surface area contributed by atoms with Gasteiger partial charge in [-0.15, -0.1) is 0 Å². The van der Waals surface area contributed by atoms with Crippen LogP contribution in [-0.4, -0.2) is 25.9 Å². The first-order valence-electron chi connectivity index (χ1n) is 8.87. The Bertz CT molecular complexity index is 1320. The lowest BCUT2D eigenvalue weighted by Gasteiger charge is -1.98. The molecule has 0 fully saturated rings. The molecule has 0 saturated heterocycles. The summed E-state index contributed by atoms with van der Waals surface area (Å²) in [7, 11) is 0. The number of carbonyl (C=O) groups is 1. The summed E-state index contributed by atoms with van der Waals surface area (Å²) in [6, 6.07) is 18.4. The number of carbonyl (C=O) groups excluding carboxylic acids is 1. The lowest BCUT2D eigenvalue weighted by molar-refractivity contribution is 0.0989. The number of pyridine rings is 1. The Kier molecular flexibility index (Phi) is 3.76. The molecule has 3 aromatic heterocycles. The van der Waals surface area contributed by atoms with E-state index >= 15 is 0 Å². The molecule has 5 aromatic rings. The largest absolute Gasteiger partial charge is 0.352 e. The molecular formula is C22H15FN4O. The van der Waals surface area contributed by atoms with Crippen LogP contribution >= 0.6 is 0 Å². The fourth-order valence-electron chi connectivity index (χ4n) is 3.44. The third kappa shape index (κ3) is 2.85. The van der Waals surface area contributed by atoms with Crippen LogP contribution in [0.4, 0.5) is 4.39 Å². The van der Waals surface area contributed by atoms with E-state index in [1.807, 2.05) is 48.5 Å². The second-order valence-corrected chi connectivity index (χ2v) is 6.69. The highest BCUT2D eigenvalue weighted by Crippen LogP contribution is 2.30. The predicted molar refractivity (Wildman–Crippen MR) is 106 cm³/mol. The minimum Gasteiger partial charge on any atom is -0.352 e. The van der Waals surface area contributed by atoms with Crippen LogP contribution in [0, 0.1) is 5.95 Å². The first-order valence-corrected chi connectivity index (χ1v) is 8.87. The van der Waals surface area contributed by atoms with Crippen LogP contribution in [0.2, 0.25) is 0 Å². The highest BCUT2D eigenvalue weighted by atomic mass is 19.1. The molecule has 0 spiro atoms. The van der Waals surface area contributed by atoms with E-state index in [2.05, 4.69) is 20.2 Å². The van der Waals surface area contributed by atoms with E-state index in [-0.39, 0.29) is 5.78 Å². The molecule has 0 radical (unpaired) electrons. The Morgan fingerprint density at radius 1 is 1.00 bits per heavy atom. The van der Waals surface area contributed by atoms with Gasteiger partial charge in [-0.25, -0.2) is 4.98 Å². The van der Waals surface area contributed by atoms with Gasteiger partial charge in [0.25, 0.3) is 0 Å². The Labute approximate surface area is 159 Å². The summed E-state index contributed by atoms with van der Waals surface area (Å²) >= 11 is 0. The van der Waals surface area contributed by atoms with Crippen LogP contribution in [0.3, 0.4) is 0 Å². The maximum Gasteiger partial charge on any atom is 0.213 e. The van der Waals surface area contributed by atoms with Crippen molar-refractivity contribution in [2.24, 2.45) is 0 Å². The van der Waals surface area contributed by atoms with Crippen molar-refractivity contribution in [1.82, 2.24) is 20.2 Å². The molecule has 2 aromatic carbocycles. The van der Waals surface area contributed by atoms with Crippen molar-refractivity contribution >= 4 is 27.6 Å². The Morgan fingerprint density at radius 3 is 2.68 bits per heavy atom. The van der Waals surface area contributed by atoms with E-state index in [9.17, 15) is 9.18 Å². The molecule has 0 atom stereocenters. The summed E-state index contributed by atoms with van der Waals surface area (Å²) < 4.78 is 13.5. The minimum absolute atomic E-state index is 0.0283. The van der Waals surface area contributed by atoms with Crippen molar-refractivity contribution in [2.45, 2.75) is 6.42 Å². The fourth-order valence-corrected chi connectivity index (χ4v) is 3.44. The van der Waals surface area contributed by atoms with E-state index in [4.69, 9.17) is 0 Å². The number of hydrogen-bond donors (Lipinski definition) is 2. The van der Waals surface area contributed by atoms with Crippen molar-refractivity contribution < 1.29 is 9.18 Å². The lowest BCUT2D eigenvalue weighted by Crippen LogP contribution is -2.03.